The molecule has 2 aromatic carbocycles. The van der Waals surface area contributed by atoms with Crippen LogP contribution in [0.3, 0.4) is 0 Å². The van der Waals surface area contributed by atoms with E-state index >= 15 is 0 Å². The van der Waals surface area contributed by atoms with E-state index in [1.807, 2.05) is 24.3 Å². The summed E-state index contributed by atoms with van der Waals surface area (Å²) in [6.45, 7) is 0. The van der Waals surface area contributed by atoms with Gasteiger partial charge in [-0.3, -0.25) is 9.59 Å². The van der Waals surface area contributed by atoms with Gasteiger partial charge in [-0.1, -0.05) is 44.0 Å². The number of nitrogens with two attached hydrogens (primary N) is 1. The molecule has 142 valence electrons. The van der Waals surface area contributed by atoms with Crippen molar-refractivity contribution in [2.45, 2.75) is 18.9 Å². The number of aromatic amines is 1. The first-order valence-electron chi connectivity index (χ1n) is 8.82. The number of halogens is 2. The molecule has 7 heteroatoms. The molecule has 1 aromatic heterocycles. The molecule has 1 amide bonds. The normalized spacial score (nSPS) is 13.4. The average Bonchev–Trinajstić information content (AvgIpc) is 3.42. The third-order valence-corrected chi connectivity index (χ3v) is 5.69. The number of nitrogens with one attached hydrogen (secondary N) is 2. The van der Waals surface area contributed by atoms with E-state index in [1.165, 1.54) is 0 Å². The summed E-state index contributed by atoms with van der Waals surface area (Å²) in [4.78, 5) is 29.0. The molecule has 0 radical (unpaired) electrons. The lowest BCUT2D eigenvalue weighted by Crippen LogP contribution is -2.26. The number of H-pyrrole nitrogens is 1. The van der Waals surface area contributed by atoms with Crippen molar-refractivity contribution in [3.05, 3.63) is 74.3 Å². The van der Waals surface area contributed by atoms with Crippen molar-refractivity contribution in [1.29, 1.82) is 0 Å². The maximum atomic E-state index is 13.2. The molecule has 0 bridgehead atoms. The van der Waals surface area contributed by atoms with Crippen LogP contribution in [0.1, 0.15) is 39.3 Å². The summed E-state index contributed by atoms with van der Waals surface area (Å²) in [5.74, 6) is -0.289. The minimum absolute atomic E-state index is 0.185. The Kier molecular flexibility index (Phi) is 5.12. The minimum Gasteiger partial charge on any atom is -0.385 e. The number of hydrogen-bond donors (Lipinski definition) is 3. The maximum absolute atomic E-state index is 13.2. The van der Waals surface area contributed by atoms with Gasteiger partial charge in [0.05, 0.1) is 11.3 Å². The molecule has 1 aliphatic rings. The number of benzene rings is 2. The van der Waals surface area contributed by atoms with E-state index in [2.05, 4.69) is 42.2 Å². The predicted octanol–water partition coefficient (Wildman–Crippen LogP) is 4.91. The Morgan fingerprint density at radius 1 is 0.964 bits per heavy atom. The van der Waals surface area contributed by atoms with Crippen molar-refractivity contribution in [1.82, 2.24) is 10.3 Å². The second-order valence-corrected chi connectivity index (χ2v) is 8.59. The molecule has 4 rings (SSSR count). The zero-order valence-corrected chi connectivity index (χ0v) is 17.9. The fraction of sp³-hybridized carbons (Fsp3) is 0.143. The Morgan fingerprint density at radius 2 is 1.54 bits per heavy atom. The molecule has 0 saturated heterocycles. The summed E-state index contributed by atoms with van der Waals surface area (Å²) in [6, 6.07) is 14.7. The Morgan fingerprint density at radius 3 is 2.11 bits per heavy atom. The number of carbonyl (C=O) groups excluding carboxylic acids is 2. The number of hydrogen-bond acceptors (Lipinski definition) is 3. The number of aromatic nitrogens is 1. The molecule has 0 atom stereocenters. The van der Waals surface area contributed by atoms with Crippen LogP contribution < -0.4 is 11.1 Å². The summed E-state index contributed by atoms with van der Waals surface area (Å²) in [5.41, 5.74) is 8.57. The van der Waals surface area contributed by atoms with E-state index in [-0.39, 0.29) is 23.6 Å². The predicted molar refractivity (Wildman–Crippen MR) is 116 cm³/mol. The highest BCUT2D eigenvalue weighted by molar-refractivity contribution is 9.10. The van der Waals surface area contributed by atoms with Gasteiger partial charge in [0.15, 0.2) is 0 Å². The molecular formula is C21H17Br2N3O2. The first kappa shape index (κ1) is 19.0. The molecular weight excluding hydrogens is 486 g/mol. The number of rotatable bonds is 5. The van der Waals surface area contributed by atoms with E-state index in [0.717, 1.165) is 27.4 Å². The van der Waals surface area contributed by atoms with Gasteiger partial charge in [-0.2, -0.15) is 0 Å². The smallest absolute Gasteiger partial charge is 0.255 e. The fourth-order valence-corrected chi connectivity index (χ4v) is 3.59. The van der Waals surface area contributed by atoms with Crippen LogP contribution in [0.15, 0.2) is 57.5 Å². The molecule has 1 aliphatic carbocycles. The number of anilines is 1. The van der Waals surface area contributed by atoms with Crippen molar-refractivity contribution in [2.75, 3.05) is 5.73 Å². The van der Waals surface area contributed by atoms with E-state index in [1.54, 1.807) is 24.3 Å². The maximum Gasteiger partial charge on any atom is 0.255 e. The fourth-order valence-electron chi connectivity index (χ4n) is 3.06. The van der Waals surface area contributed by atoms with Gasteiger partial charge < -0.3 is 16.0 Å². The van der Waals surface area contributed by atoms with Crippen LogP contribution in [-0.4, -0.2) is 22.7 Å². The highest BCUT2D eigenvalue weighted by Crippen LogP contribution is 2.35. The van der Waals surface area contributed by atoms with Gasteiger partial charge in [0.2, 0.25) is 5.78 Å². The molecule has 1 saturated carbocycles. The van der Waals surface area contributed by atoms with Gasteiger partial charge in [-0.05, 0) is 54.8 Å². The zero-order valence-electron chi connectivity index (χ0n) is 14.8. The molecule has 3 aromatic rings. The summed E-state index contributed by atoms with van der Waals surface area (Å²) in [7, 11) is 0. The molecule has 0 spiro atoms. The van der Waals surface area contributed by atoms with Crippen LogP contribution in [0.2, 0.25) is 0 Å². The standard InChI is InChI=1S/C21H17Br2N3O2/c22-13-5-1-11(2-6-13)16-17(21(28)25-15-9-10-15)20(24)26-18(16)19(27)12-3-7-14(23)8-4-12/h1-8,15,26H,9-10,24H2,(H,25,28). The number of amides is 1. The molecule has 0 aliphatic heterocycles. The second kappa shape index (κ2) is 7.56. The topological polar surface area (TPSA) is 88.0 Å². The van der Waals surface area contributed by atoms with Gasteiger partial charge >= 0.3 is 0 Å². The van der Waals surface area contributed by atoms with Crippen LogP contribution in [0, 0.1) is 0 Å². The summed E-state index contributed by atoms with van der Waals surface area (Å²) < 4.78 is 1.79. The Labute approximate surface area is 179 Å². The quantitative estimate of drug-likeness (QED) is 0.433. The van der Waals surface area contributed by atoms with Gasteiger partial charge in [-0.15, -0.1) is 0 Å². The number of carbonyl (C=O) groups is 2. The van der Waals surface area contributed by atoms with Crippen LogP contribution >= 0.6 is 31.9 Å². The van der Waals surface area contributed by atoms with Crippen LogP contribution in [-0.2, 0) is 0 Å². The lowest BCUT2D eigenvalue weighted by atomic mass is 9.96. The third kappa shape index (κ3) is 3.77. The van der Waals surface area contributed by atoms with Gasteiger partial charge in [0.1, 0.15) is 5.82 Å². The first-order chi connectivity index (χ1) is 13.4. The molecule has 0 unspecified atom stereocenters. The van der Waals surface area contributed by atoms with Crippen LogP contribution in [0.25, 0.3) is 11.1 Å². The highest BCUT2D eigenvalue weighted by atomic mass is 79.9. The van der Waals surface area contributed by atoms with Crippen LogP contribution in [0.4, 0.5) is 5.82 Å². The van der Waals surface area contributed by atoms with Crippen LogP contribution in [0.5, 0.6) is 0 Å². The van der Waals surface area contributed by atoms with Crippen molar-refractivity contribution < 1.29 is 9.59 Å². The lowest BCUT2D eigenvalue weighted by molar-refractivity contribution is 0.0952. The molecule has 28 heavy (non-hydrogen) atoms. The monoisotopic (exact) mass is 501 g/mol. The van der Waals surface area contributed by atoms with Crippen molar-refractivity contribution in [3.63, 3.8) is 0 Å². The minimum atomic E-state index is -0.260. The van der Waals surface area contributed by atoms with Gasteiger partial charge in [-0.25, -0.2) is 0 Å². The Balaban J connectivity index is 1.85. The van der Waals surface area contributed by atoms with Crippen molar-refractivity contribution in [3.8, 4) is 11.1 Å². The average molecular weight is 503 g/mol. The third-order valence-electron chi connectivity index (χ3n) is 4.64. The first-order valence-corrected chi connectivity index (χ1v) is 10.4. The summed E-state index contributed by atoms with van der Waals surface area (Å²) in [5, 5.41) is 2.97. The molecule has 1 heterocycles. The largest absolute Gasteiger partial charge is 0.385 e. The van der Waals surface area contributed by atoms with Gasteiger partial charge in [0.25, 0.3) is 5.91 Å². The van der Waals surface area contributed by atoms with E-state index in [0.29, 0.717) is 22.4 Å². The molecule has 1 fully saturated rings. The Hall–Kier alpha value is -2.38. The summed E-state index contributed by atoms with van der Waals surface area (Å²) in [6.07, 6.45) is 1.93. The zero-order chi connectivity index (χ0) is 19.8. The number of ketones is 1. The lowest BCUT2D eigenvalue weighted by Gasteiger charge is -2.09. The SMILES string of the molecule is Nc1[nH]c(C(=O)c2ccc(Br)cc2)c(-c2ccc(Br)cc2)c1C(=O)NC1CC1. The highest BCUT2D eigenvalue weighted by Gasteiger charge is 2.30. The van der Waals surface area contributed by atoms with E-state index < -0.39 is 0 Å². The van der Waals surface area contributed by atoms with Gasteiger partial charge in [0, 0.05) is 26.1 Å². The summed E-state index contributed by atoms with van der Waals surface area (Å²) >= 11 is 6.80. The van der Waals surface area contributed by atoms with E-state index in [4.69, 9.17) is 5.73 Å². The second-order valence-electron chi connectivity index (χ2n) is 6.75. The molecule has 4 N–H and O–H groups in total. The Bertz CT molecular complexity index is 1050. The van der Waals surface area contributed by atoms with Crippen molar-refractivity contribution >= 4 is 49.4 Å². The van der Waals surface area contributed by atoms with Crippen molar-refractivity contribution in [2.24, 2.45) is 0 Å². The number of nitrogen functional groups attached to an aromatic ring is 1. The van der Waals surface area contributed by atoms with E-state index in [9.17, 15) is 9.59 Å². The molecule has 5 nitrogen and oxygen atoms in total.